The van der Waals surface area contributed by atoms with Gasteiger partial charge < -0.3 is 9.64 Å². The summed E-state index contributed by atoms with van der Waals surface area (Å²) in [4.78, 5) is 34.3. The number of thiophene rings is 1. The Hall–Kier alpha value is -1.38. The van der Waals surface area contributed by atoms with E-state index in [9.17, 15) is 9.59 Å². The van der Waals surface area contributed by atoms with Crippen LogP contribution < -0.4 is 5.56 Å². The van der Waals surface area contributed by atoms with Gasteiger partial charge in [0.15, 0.2) is 5.16 Å². The Morgan fingerprint density at radius 2 is 2.15 bits per heavy atom. The first-order chi connectivity index (χ1) is 12.9. The number of aromatic nitrogens is 2. The number of carbonyl (C=O) groups excluding carboxylic acids is 1. The highest BCUT2D eigenvalue weighted by molar-refractivity contribution is 7.99. The molecule has 0 radical (unpaired) electrons. The molecule has 3 rings (SSSR count). The molecule has 6 nitrogen and oxygen atoms in total. The van der Waals surface area contributed by atoms with Crippen molar-refractivity contribution >= 4 is 39.2 Å². The summed E-state index contributed by atoms with van der Waals surface area (Å²) in [5, 5.41) is 1.29. The summed E-state index contributed by atoms with van der Waals surface area (Å²) in [5.41, 5.74) is 0.952. The van der Waals surface area contributed by atoms with E-state index in [4.69, 9.17) is 9.72 Å². The van der Waals surface area contributed by atoms with Gasteiger partial charge in [0.1, 0.15) is 4.83 Å². The van der Waals surface area contributed by atoms with Crippen molar-refractivity contribution < 1.29 is 9.53 Å². The van der Waals surface area contributed by atoms with Crippen LogP contribution in [0.1, 0.15) is 36.6 Å². The highest BCUT2D eigenvalue weighted by Crippen LogP contribution is 2.28. The van der Waals surface area contributed by atoms with Crippen LogP contribution in [-0.2, 0) is 16.1 Å². The number of piperidine rings is 1. The van der Waals surface area contributed by atoms with Crippen LogP contribution in [0.2, 0.25) is 0 Å². The zero-order chi connectivity index (χ0) is 19.6. The third-order valence-corrected chi connectivity index (χ3v) is 7.28. The fourth-order valence-electron chi connectivity index (χ4n) is 3.48. The maximum Gasteiger partial charge on any atom is 0.263 e. The number of thioether (sulfide) groups is 1. The van der Waals surface area contributed by atoms with E-state index in [1.54, 1.807) is 11.7 Å². The summed E-state index contributed by atoms with van der Waals surface area (Å²) in [6.45, 7) is 7.77. The van der Waals surface area contributed by atoms with Crippen molar-refractivity contribution in [2.24, 2.45) is 0 Å². The molecule has 1 aliphatic heterocycles. The molecule has 0 N–H and O–H groups in total. The SMILES string of the molecule is COCCn1c(SCC(=O)N2CCCC[C@H]2C)nc2sc(C)c(C)c2c1=O. The highest BCUT2D eigenvalue weighted by atomic mass is 32.2. The predicted octanol–water partition coefficient (Wildman–Crippen LogP) is 3.21. The number of methoxy groups -OCH3 is 1. The molecule has 3 heterocycles. The van der Waals surface area contributed by atoms with Gasteiger partial charge in [0, 0.05) is 24.6 Å². The molecule has 1 atom stereocenters. The summed E-state index contributed by atoms with van der Waals surface area (Å²) < 4.78 is 6.82. The number of fused-ring (bicyclic) bond motifs is 1. The first-order valence-corrected chi connectivity index (χ1v) is 11.2. The molecule has 1 saturated heterocycles. The third-order valence-electron chi connectivity index (χ3n) is 5.22. The topological polar surface area (TPSA) is 64.4 Å². The number of hydrogen-bond acceptors (Lipinski definition) is 6. The van der Waals surface area contributed by atoms with Crippen molar-refractivity contribution in [1.29, 1.82) is 0 Å². The fraction of sp³-hybridized carbons (Fsp3) is 0.632. The first kappa shape index (κ1) is 20.4. The number of likely N-dealkylation sites (tertiary alicyclic amines) is 1. The van der Waals surface area contributed by atoms with Crippen molar-refractivity contribution in [3.8, 4) is 0 Å². The Balaban J connectivity index is 1.88. The van der Waals surface area contributed by atoms with Gasteiger partial charge in [0.05, 0.1) is 24.3 Å². The zero-order valence-corrected chi connectivity index (χ0v) is 18.0. The van der Waals surface area contributed by atoms with Gasteiger partial charge in [-0.1, -0.05) is 11.8 Å². The minimum atomic E-state index is -0.0415. The molecule has 27 heavy (non-hydrogen) atoms. The van der Waals surface area contributed by atoms with Crippen molar-refractivity contribution in [3.63, 3.8) is 0 Å². The molecule has 1 amide bonds. The molecule has 0 aliphatic carbocycles. The molecule has 0 unspecified atom stereocenters. The molecule has 1 aliphatic rings. The zero-order valence-electron chi connectivity index (χ0n) is 16.4. The minimum absolute atomic E-state index is 0.0415. The van der Waals surface area contributed by atoms with Gasteiger partial charge in [-0.2, -0.15) is 0 Å². The Morgan fingerprint density at radius 1 is 1.37 bits per heavy atom. The van der Waals surface area contributed by atoms with Crippen LogP contribution in [-0.4, -0.2) is 52.4 Å². The van der Waals surface area contributed by atoms with Gasteiger partial charge in [0.25, 0.3) is 5.56 Å². The quantitative estimate of drug-likeness (QED) is 0.541. The first-order valence-electron chi connectivity index (χ1n) is 9.35. The van der Waals surface area contributed by atoms with Crippen LogP contribution in [0.3, 0.4) is 0 Å². The lowest BCUT2D eigenvalue weighted by Gasteiger charge is -2.33. The van der Waals surface area contributed by atoms with Crippen molar-refractivity contribution in [2.75, 3.05) is 26.0 Å². The molecule has 2 aromatic rings. The predicted molar refractivity (Wildman–Crippen MR) is 111 cm³/mol. The molecule has 8 heteroatoms. The number of hydrogen-bond donors (Lipinski definition) is 0. The van der Waals surface area contributed by atoms with E-state index < -0.39 is 0 Å². The lowest BCUT2D eigenvalue weighted by Crippen LogP contribution is -2.43. The summed E-state index contributed by atoms with van der Waals surface area (Å²) in [6, 6.07) is 0.292. The number of amides is 1. The van der Waals surface area contributed by atoms with Gasteiger partial charge >= 0.3 is 0 Å². The second-order valence-electron chi connectivity index (χ2n) is 7.03. The normalized spacial score (nSPS) is 17.6. The molecule has 0 saturated carbocycles. The largest absolute Gasteiger partial charge is 0.383 e. The van der Waals surface area contributed by atoms with E-state index in [0.29, 0.717) is 35.5 Å². The van der Waals surface area contributed by atoms with E-state index in [-0.39, 0.29) is 11.5 Å². The van der Waals surface area contributed by atoms with Crippen LogP contribution in [0.15, 0.2) is 9.95 Å². The van der Waals surface area contributed by atoms with Crippen LogP contribution in [0.5, 0.6) is 0 Å². The van der Waals surface area contributed by atoms with Gasteiger partial charge in [-0.15, -0.1) is 11.3 Å². The van der Waals surface area contributed by atoms with E-state index in [1.807, 2.05) is 18.7 Å². The van der Waals surface area contributed by atoms with E-state index in [2.05, 4.69) is 6.92 Å². The Labute approximate surface area is 167 Å². The molecule has 0 spiro atoms. The Kier molecular flexibility index (Phi) is 6.60. The van der Waals surface area contributed by atoms with E-state index >= 15 is 0 Å². The summed E-state index contributed by atoms with van der Waals surface area (Å²) in [5.74, 6) is 0.428. The Bertz CT molecular complexity index is 890. The average molecular weight is 410 g/mol. The highest BCUT2D eigenvalue weighted by Gasteiger charge is 2.24. The molecule has 2 aromatic heterocycles. The second kappa shape index (κ2) is 8.75. The summed E-state index contributed by atoms with van der Waals surface area (Å²) in [6.07, 6.45) is 3.31. The van der Waals surface area contributed by atoms with Crippen LogP contribution in [0.25, 0.3) is 10.2 Å². The summed E-state index contributed by atoms with van der Waals surface area (Å²) >= 11 is 2.90. The van der Waals surface area contributed by atoms with Crippen LogP contribution in [0, 0.1) is 13.8 Å². The smallest absolute Gasteiger partial charge is 0.263 e. The molecular formula is C19H27N3O3S2. The van der Waals surface area contributed by atoms with E-state index in [1.165, 1.54) is 29.5 Å². The third kappa shape index (κ3) is 4.22. The maximum atomic E-state index is 13.1. The number of ether oxygens (including phenoxy) is 1. The number of rotatable bonds is 6. The standard InChI is InChI=1S/C19H27N3O3S2/c1-12-7-5-6-8-21(12)15(23)11-26-19-20-17-16(13(2)14(3)27-17)18(24)22(19)9-10-25-4/h12H,5-11H2,1-4H3/t12-/m1/s1. The van der Waals surface area contributed by atoms with Crippen molar-refractivity contribution in [3.05, 3.63) is 20.8 Å². The average Bonchev–Trinajstić information content (AvgIpc) is 2.93. The van der Waals surface area contributed by atoms with Crippen molar-refractivity contribution in [1.82, 2.24) is 14.5 Å². The molecule has 1 fully saturated rings. The molecule has 0 aromatic carbocycles. The minimum Gasteiger partial charge on any atom is -0.383 e. The number of aryl methyl sites for hydroxylation is 2. The maximum absolute atomic E-state index is 13.1. The molecule has 0 bridgehead atoms. The lowest BCUT2D eigenvalue weighted by atomic mass is 10.0. The van der Waals surface area contributed by atoms with Crippen molar-refractivity contribution in [2.45, 2.75) is 57.8 Å². The van der Waals surface area contributed by atoms with E-state index in [0.717, 1.165) is 34.7 Å². The van der Waals surface area contributed by atoms with Gasteiger partial charge in [-0.05, 0) is 45.6 Å². The lowest BCUT2D eigenvalue weighted by molar-refractivity contribution is -0.131. The monoisotopic (exact) mass is 409 g/mol. The number of nitrogens with zero attached hydrogens (tertiary/aromatic N) is 3. The van der Waals surface area contributed by atoms with Gasteiger partial charge in [-0.25, -0.2) is 4.98 Å². The Morgan fingerprint density at radius 3 is 2.85 bits per heavy atom. The molecule has 148 valence electrons. The molecular weight excluding hydrogens is 382 g/mol. The fourth-order valence-corrected chi connectivity index (χ4v) is 5.46. The van der Waals surface area contributed by atoms with Crippen LogP contribution in [0.4, 0.5) is 0 Å². The summed E-state index contributed by atoms with van der Waals surface area (Å²) in [7, 11) is 1.62. The second-order valence-corrected chi connectivity index (χ2v) is 9.17. The van der Waals surface area contributed by atoms with Crippen LogP contribution >= 0.6 is 23.1 Å². The van der Waals surface area contributed by atoms with Gasteiger partial charge in [-0.3, -0.25) is 14.2 Å². The van der Waals surface area contributed by atoms with Gasteiger partial charge in [0.2, 0.25) is 5.91 Å². The number of carbonyl (C=O) groups is 1.